The molecule has 1 saturated heterocycles. The lowest BCUT2D eigenvalue weighted by molar-refractivity contribution is 0.190. The van der Waals surface area contributed by atoms with Crippen molar-refractivity contribution in [1.29, 1.82) is 0 Å². The number of carbonyl (C=O) groups is 1. The second kappa shape index (κ2) is 7.25. The Balaban J connectivity index is 1.55. The van der Waals surface area contributed by atoms with Crippen LogP contribution < -0.4 is 10.2 Å². The van der Waals surface area contributed by atoms with Crippen LogP contribution in [0.3, 0.4) is 0 Å². The molecule has 0 unspecified atom stereocenters. The van der Waals surface area contributed by atoms with Gasteiger partial charge in [-0.15, -0.1) is 0 Å². The monoisotopic (exact) mass is 329 g/mol. The molecule has 1 aliphatic rings. The molecule has 1 atom stereocenters. The number of carbonyl (C=O) groups excluding carboxylic acids is 1. The number of anilines is 1. The summed E-state index contributed by atoms with van der Waals surface area (Å²) >= 11 is 0. The standard InChI is InChI=1S/C17H20FN5O/c1-13(14-5-2-3-6-15(14)18)21-17(24)23-11-9-22(10-12-23)16-19-7-4-8-20-16/h2-8,13H,9-12H2,1H3,(H,21,24)/t13-/m0/s1. The average molecular weight is 329 g/mol. The van der Waals surface area contributed by atoms with Gasteiger partial charge in [0, 0.05) is 44.1 Å². The second-order valence-corrected chi connectivity index (χ2v) is 5.72. The zero-order valence-electron chi connectivity index (χ0n) is 13.5. The molecule has 2 heterocycles. The molecule has 126 valence electrons. The highest BCUT2D eigenvalue weighted by molar-refractivity contribution is 5.75. The Morgan fingerprint density at radius 2 is 1.79 bits per heavy atom. The van der Waals surface area contributed by atoms with Gasteiger partial charge in [0.2, 0.25) is 5.95 Å². The van der Waals surface area contributed by atoms with Crippen LogP contribution in [0.1, 0.15) is 18.5 Å². The second-order valence-electron chi connectivity index (χ2n) is 5.72. The van der Waals surface area contributed by atoms with E-state index in [9.17, 15) is 9.18 Å². The number of aromatic nitrogens is 2. The molecule has 1 aromatic heterocycles. The fourth-order valence-corrected chi connectivity index (χ4v) is 2.74. The van der Waals surface area contributed by atoms with Gasteiger partial charge in [0.15, 0.2) is 0 Å². The van der Waals surface area contributed by atoms with Crippen LogP contribution in [-0.4, -0.2) is 47.1 Å². The number of urea groups is 1. The number of rotatable bonds is 3. The van der Waals surface area contributed by atoms with Crippen LogP contribution in [0.5, 0.6) is 0 Å². The molecule has 2 aromatic rings. The molecule has 1 fully saturated rings. The fourth-order valence-electron chi connectivity index (χ4n) is 2.74. The largest absolute Gasteiger partial charge is 0.337 e. The Labute approximate surface area is 140 Å². The van der Waals surface area contributed by atoms with Gasteiger partial charge in [0.25, 0.3) is 0 Å². The first kappa shape index (κ1) is 16.2. The van der Waals surface area contributed by atoms with Gasteiger partial charge in [-0.1, -0.05) is 18.2 Å². The van der Waals surface area contributed by atoms with Crippen LogP contribution in [0, 0.1) is 5.82 Å². The van der Waals surface area contributed by atoms with Crippen LogP contribution in [-0.2, 0) is 0 Å². The maximum atomic E-state index is 13.8. The van der Waals surface area contributed by atoms with Crippen molar-refractivity contribution in [2.75, 3.05) is 31.1 Å². The number of hydrogen-bond acceptors (Lipinski definition) is 4. The Bertz CT molecular complexity index is 688. The fraction of sp³-hybridized carbons (Fsp3) is 0.353. The summed E-state index contributed by atoms with van der Waals surface area (Å²) in [7, 11) is 0. The van der Waals surface area contributed by atoms with E-state index >= 15 is 0 Å². The highest BCUT2D eigenvalue weighted by Gasteiger charge is 2.24. The van der Waals surface area contributed by atoms with Crippen LogP contribution in [0.25, 0.3) is 0 Å². The molecule has 3 rings (SSSR count). The minimum Gasteiger partial charge on any atom is -0.337 e. The summed E-state index contributed by atoms with van der Waals surface area (Å²) in [5.74, 6) is 0.369. The van der Waals surface area contributed by atoms with E-state index in [-0.39, 0.29) is 17.9 Å². The van der Waals surface area contributed by atoms with E-state index in [4.69, 9.17) is 0 Å². The van der Waals surface area contributed by atoms with Gasteiger partial charge < -0.3 is 15.1 Å². The summed E-state index contributed by atoms with van der Waals surface area (Å²) in [6.45, 7) is 4.28. The lowest BCUT2D eigenvalue weighted by Gasteiger charge is -2.35. The van der Waals surface area contributed by atoms with Crippen molar-refractivity contribution in [2.24, 2.45) is 0 Å². The zero-order chi connectivity index (χ0) is 16.9. The van der Waals surface area contributed by atoms with Gasteiger partial charge in [0.05, 0.1) is 6.04 Å². The van der Waals surface area contributed by atoms with E-state index in [0.717, 1.165) is 0 Å². The molecule has 0 aliphatic carbocycles. The van der Waals surface area contributed by atoms with Crippen molar-refractivity contribution in [1.82, 2.24) is 20.2 Å². The van der Waals surface area contributed by atoms with Crippen LogP contribution in [0.4, 0.5) is 15.1 Å². The molecule has 0 radical (unpaired) electrons. The van der Waals surface area contributed by atoms with E-state index in [2.05, 4.69) is 15.3 Å². The van der Waals surface area contributed by atoms with Crippen molar-refractivity contribution in [2.45, 2.75) is 13.0 Å². The molecule has 1 aromatic carbocycles. The van der Waals surface area contributed by atoms with E-state index < -0.39 is 0 Å². The Hall–Kier alpha value is -2.70. The molecular formula is C17H20FN5O. The smallest absolute Gasteiger partial charge is 0.317 e. The third-order valence-electron chi connectivity index (χ3n) is 4.11. The van der Waals surface area contributed by atoms with Crippen molar-refractivity contribution >= 4 is 12.0 Å². The third kappa shape index (κ3) is 3.61. The van der Waals surface area contributed by atoms with E-state index in [1.54, 1.807) is 48.5 Å². The molecule has 2 amide bonds. The molecule has 6 nitrogen and oxygen atoms in total. The first-order chi connectivity index (χ1) is 11.6. The van der Waals surface area contributed by atoms with Gasteiger partial charge >= 0.3 is 6.03 Å². The summed E-state index contributed by atoms with van der Waals surface area (Å²) in [5, 5.41) is 2.86. The molecule has 0 bridgehead atoms. The molecule has 1 aliphatic heterocycles. The Kier molecular flexibility index (Phi) is 4.88. The van der Waals surface area contributed by atoms with Crippen molar-refractivity contribution < 1.29 is 9.18 Å². The van der Waals surface area contributed by atoms with Gasteiger partial charge in [-0.05, 0) is 19.1 Å². The quantitative estimate of drug-likeness (QED) is 0.938. The number of nitrogens with one attached hydrogen (secondary N) is 1. The normalized spacial score (nSPS) is 15.9. The van der Waals surface area contributed by atoms with Crippen LogP contribution in [0.15, 0.2) is 42.7 Å². The summed E-state index contributed by atoms with van der Waals surface area (Å²) in [6.07, 6.45) is 3.41. The predicted octanol–water partition coefficient (Wildman–Crippen LogP) is 2.21. The maximum Gasteiger partial charge on any atom is 0.317 e. The number of halogens is 1. The Morgan fingerprint density at radius 3 is 2.46 bits per heavy atom. The minimum absolute atomic E-state index is 0.181. The van der Waals surface area contributed by atoms with E-state index in [1.807, 2.05) is 4.90 Å². The predicted molar refractivity (Wildman–Crippen MR) is 89.2 cm³/mol. The summed E-state index contributed by atoms with van der Waals surface area (Å²) in [4.78, 5) is 24.6. The molecule has 7 heteroatoms. The summed E-state index contributed by atoms with van der Waals surface area (Å²) < 4.78 is 13.8. The van der Waals surface area contributed by atoms with Crippen LogP contribution >= 0.6 is 0 Å². The molecular weight excluding hydrogens is 309 g/mol. The maximum absolute atomic E-state index is 13.8. The number of piperazine rings is 1. The number of nitrogens with zero attached hydrogens (tertiary/aromatic N) is 4. The summed E-state index contributed by atoms with van der Waals surface area (Å²) in [5.41, 5.74) is 0.488. The molecule has 1 N–H and O–H groups in total. The van der Waals surface area contributed by atoms with Gasteiger partial charge in [-0.2, -0.15) is 0 Å². The lowest BCUT2D eigenvalue weighted by Crippen LogP contribution is -2.52. The lowest BCUT2D eigenvalue weighted by atomic mass is 10.1. The average Bonchev–Trinajstić information content (AvgIpc) is 2.63. The summed E-state index contributed by atoms with van der Waals surface area (Å²) in [6, 6.07) is 7.70. The van der Waals surface area contributed by atoms with Crippen molar-refractivity contribution in [3.63, 3.8) is 0 Å². The van der Waals surface area contributed by atoms with Gasteiger partial charge in [-0.25, -0.2) is 19.2 Å². The first-order valence-electron chi connectivity index (χ1n) is 7.97. The highest BCUT2D eigenvalue weighted by atomic mass is 19.1. The number of benzene rings is 1. The number of amides is 2. The van der Waals surface area contributed by atoms with Crippen LogP contribution in [0.2, 0.25) is 0 Å². The van der Waals surface area contributed by atoms with Gasteiger partial charge in [0.1, 0.15) is 5.82 Å². The topological polar surface area (TPSA) is 61.4 Å². The van der Waals surface area contributed by atoms with Crippen molar-refractivity contribution in [3.8, 4) is 0 Å². The molecule has 0 spiro atoms. The molecule has 24 heavy (non-hydrogen) atoms. The third-order valence-corrected chi connectivity index (χ3v) is 4.11. The molecule has 0 saturated carbocycles. The number of hydrogen-bond donors (Lipinski definition) is 1. The SMILES string of the molecule is C[C@H](NC(=O)N1CCN(c2ncccn2)CC1)c1ccccc1F. The first-order valence-corrected chi connectivity index (χ1v) is 7.97. The van der Waals surface area contributed by atoms with Gasteiger partial charge in [-0.3, -0.25) is 0 Å². The van der Waals surface area contributed by atoms with E-state index in [1.165, 1.54) is 6.07 Å². The zero-order valence-corrected chi connectivity index (χ0v) is 13.5. The van der Waals surface area contributed by atoms with E-state index in [0.29, 0.717) is 37.7 Å². The minimum atomic E-state index is -0.380. The Morgan fingerprint density at radius 1 is 1.12 bits per heavy atom. The highest BCUT2D eigenvalue weighted by Crippen LogP contribution is 2.17. The van der Waals surface area contributed by atoms with Crippen molar-refractivity contribution in [3.05, 3.63) is 54.1 Å².